The zero-order valence-corrected chi connectivity index (χ0v) is 13.5. The van der Waals surface area contributed by atoms with Gasteiger partial charge in [-0.2, -0.15) is 5.10 Å². The molecule has 1 aromatic carbocycles. The summed E-state index contributed by atoms with van der Waals surface area (Å²) < 4.78 is 4.12. The molecule has 5 heteroatoms. The summed E-state index contributed by atoms with van der Waals surface area (Å²) in [5.74, 6) is 0. The number of hydrogen-bond donors (Lipinski definition) is 1. The van der Waals surface area contributed by atoms with Gasteiger partial charge in [0.2, 0.25) is 0 Å². The average molecular weight is 373 g/mol. The number of hydrogen-bond acceptors (Lipinski definition) is 2. The molecule has 0 spiro atoms. The molecule has 0 radical (unpaired) electrons. The molecule has 3 nitrogen and oxygen atoms in total. The molecule has 0 saturated heterocycles. The monoisotopic (exact) mass is 371 g/mol. The van der Waals surface area contributed by atoms with Gasteiger partial charge in [0, 0.05) is 17.2 Å². The minimum absolute atomic E-state index is 0.756. The predicted molar refractivity (Wildman–Crippen MR) is 81.8 cm³/mol. The quantitative estimate of drug-likeness (QED) is 0.874. The van der Waals surface area contributed by atoms with Crippen molar-refractivity contribution in [1.29, 1.82) is 0 Å². The van der Waals surface area contributed by atoms with Crippen molar-refractivity contribution in [3.63, 3.8) is 0 Å². The van der Waals surface area contributed by atoms with Crippen molar-refractivity contribution >= 4 is 37.5 Å². The highest BCUT2D eigenvalue weighted by Gasteiger charge is 2.11. The van der Waals surface area contributed by atoms with Gasteiger partial charge in [0.05, 0.1) is 22.4 Å². The first-order valence-corrected chi connectivity index (χ1v) is 7.40. The van der Waals surface area contributed by atoms with Gasteiger partial charge in [-0.15, -0.1) is 0 Å². The van der Waals surface area contributed by atoms with E-state index in [0.29, 0.717) is 0 Å². The second kappa shape index (κ2) is 5.89. The largest absolute Gasteiger partial charge is 0.379 e. The highest BCUT2D eigenvalue weighted by atomic mass is 79.9. The van der Waals surface area contributed by atoms with Crippen LogP contribution < -0.4 is 5.32 Å². The molecule has 1 heterocycles. The van der Waals surface area contributed by atoms with Crippen molar-refractivity contribution in [1.82, 2.24) is 9.78 Å². The smallest absolute Gasteiger partial charge is 0.0767 e. The van der Waals surface area contributed by atoms with Crippen LogP contribution in [0, 0.1) is 0 Å². The number of nitrogens with zero attached hydrogens (tertiary/aromatic N) is 2. The Balaban J connectivity index is 2.10. The van der Waals surface area contributed by atoms with Crippen molar-refractivity contribution in [3.8, 4) is 0 Å². The van der Waals surface area contributed by atoms with Crippen molar-refractivity contribution in [3.05, 3.63) is 44.6 Å². The Morgan fingerprint density at radius 3 is 2.44 bits per heavy atom. The molecule has 0 aliphatic rings. The van der Waals surface area contributed by atoms with Crippen molar-refractivity contribution in [2.45, 2.75) is 19.9 Å². The molecule has 1 N–H and O–H groups in total. The van der Waals surface area contributed by atoms with Crippen LogP contribution >= 0.6 is 31.9 Å². The lowest BCUT2D eigenvalue weighted by molar-refractivity contribution is 0.706. The average Bonchev–Trinajstić information content (AvgIpc) is 2.64. The Bertz CT molecular complexity index is 532. The Labute approximate surface area is 124 Å². The van der Waals surface area contributed by atoms with E-state index in [0.717, 1.165) is 39.0 Å². The van der Waals surface area contributed by atoms with Crippen LogP contribution in [0.2, 0.25) is 0 Å². The molecule has 0 aliphatic carbocycles. The summed E-state index contributed by atoms with van der Waals surface area (Å²) in [5.41, 5.74) is 3.37. The third-order valence-electron chi connectivity index (χ3n) is 2.81. The zero-order chi connectivity index (χ0) is 13.1. The topological polar surface area (TPSA) is 29.9 Å². The maximum atomic E-state index is 4.48. The minimum Gasteiger partial charge on any atom is -0.379 e. The van der Waals surface area contributed by atoms with Gasteiger partial charge in [-0.1, -0.05) is 22.9 Å². The molecular weight excluding hydrogens is 358 g/mol. The summed E-state index contributed by atoms with van der Waals surface area (Å²) in [6.07, 6.45) is 0.937. The summed E-state index contributed by atoms with van der Waals surface area (Å²) in [5, 5.41) is 7.87. The zero-order valence-electron chi connectivity index (χ0n) is 10.4. The van der Waals surface area contributed by atoms with E-state index < -0.39 is 0 Å². The standard InChI is InChI=1S/C13H15Br2N3/c1-3-11-13(15)12(18(2)17-11)8-16-10-6-4-9(14)5-7-10/h4-7,16H,3,8H2,1-2H3. The van der Waals surface area contributed by atoms with Crippen molar-refractivity contribution in [2.75, 3.05) is 5.32 Å². The third kappa shape index (κ3) is 2.95. The molecular formula is C13H15Br2N3. The van der Waals surface area contributed by atoms with E-state index >= 15 is 0 Å². The molecule has 0 aliphatic heterocycles. The van der Waals surface area contributed by atoms with E-state index in [-0.39, 0.29) is 0 Å². The fourth-order valence-corrected chi connectivity index (χ4v) is 2.79. The van der Waals surface area contributed by atoms with Gasteiger partial charge < -0.3 is 5.32 Å². The fourth-order valence-electron chi connectivity index (χ4n) is 1.77. The molecule has 0 bridgehead atoms. The Kier molecular flexibility index (Phi) is 4.45. The normalized spacial score (nSPS) is 10.7. The van der Waals surface area contributed by atoms with Crippen molar-refractivity contribution in [2.24, 2.45) is 7.05 Å². The van der Waals surface area contributed by atoms with Gasteiger partial charge in [-0.25, -0.2) is 0 Å². The molecule has 2 rings (SSSR count). The third-order valence-corrected chi connectivity index (χ3v) is 4.25. The second-order valence-electron chi connectivity index (χ2n) is 4.04. The van der Waals surface area contributed by atoms with Crippen LogP contribution in [0.4, 0.5) is 5.69 Å². The maximum Gasteiger partial charge on any atom is 0.0767 e. The van der Waals surface area contributed by atoms with Gasteiger partial charge >= 0.3 is 0 Å². The van der Waals surface area contributed by atoms with Gasteiger partial charge in [-0.05, 0) is 46.6 Å². The fraction of sp³-hybridized carbons (Fsp3) is 0.308. The van der Waals surface area contributed by atoms with E-state index in [9.17, 15) is 0 Å². The molecule has 0 saturated carbocycles. The van der Waals surface area contributed by atoms with Crippen molar-refractivity contribution < 1.29 is 0 Å². The van der Waals surface area contributed by atoms with Gasteiger partial charge in [0.15, 0.2) is 0 Å². The number of aryl methyl sites for hydroxylation is 2. The van der Waals surface area contributed by atoms with Crippen LogP contribution in [0.3, 0.4) is 0 Å². The number of anilines is 1. The van der Waals surface area contributed by atoms with E-state index in [1.807, 2.05) is 23.9 Å². The molecule has 2 aromatic rings. The summed E-state index contributed by atoms with van der Waals surface area (Å²) >= 11 is 7.04. The first-order valence-electron chi connectivity index (χ1n) is 5.81. The first kappa shape index (κ1) is 13.6. The molecule has 0 fully saturated rings. The van der Waals surface area contributed by atoms with Crippen LogP contribution in [0.25, 0.3) is 0 Å². The van der Waals surface area contributed by atoms with E-state index in [1.54, 1.807) is 0 Å². The molecule has 0 unspecified atom stereocenters. The van der Waals surface area contributed by atoms with E-state index in [4.69, 9.17) is 0 Å². The summed E-state index contributed by atoms with van der Waals surface area (Å²) in [6.45, 7) is 2.87. The first-order chi connectivity index (χ1) is 8.61. The van der Waals surface area contributed by atoms with Crippen LogP contribution in [0.15, 0.2) is 33.2 Å². The lowest BCUT2D eigenvalue weighted by Crippen LogP contribution is -2.05. The minimum atomic E-state index is 0.756. The van der Waals surface area contributed by atoms with Gasteiger partial charge in [-0.3, -0.25) is 4.68 Å². The lowest BCUT2D eigenvalue weighted by Gasteiger charge is -2.07. The highest BCUT2D eigenvalue weighted by Crippen LogP contribution is 2.23. The number of aromatic nitrogens is 2. The summed E-state index contributed by atoms with van der Waals surface area (Å²) in [6, 6.07) is 8.15. The van der Waals surface area contributed by atoms with Crippen LogP contribution in [0.5, 0.6) is 0 Å². The predicted octanol–water partition coefficient (Wildman–Crippen LogP) is 4.12. The second-order valence-corrected chi connectivity index (χ2v) is 5.75. The highest BCUT2D eigenvalue weighted by molar-refractivity contribution is 9.10. The summed E-state index contributed by atoms with van der Waals surface area (Å²) in [4.78, 5) is 0. The number of nitrogens with one attached hydrogen (secondary N) is 1. The SMILES string of the molecule is CCc1nn(C)c(CNc2ccc(Br)cc2)c1Br. The van der Waals surface area contributed by atoms with Gasteiger partial charge in [0.25, 0.3) is 0 Å². The molecule has 0 amide bonds. The van der Waals surface area contributed by atoms with Gasteiger partial charge in [0.1, 0.15) is 0 Å². The Hall–Kier alpha value is -0.810. The van der Waals surface area contributed by atoms with Crippen LogP contribution in [0.1, 0.15) is 18.3 Å². The Morgan fingerprint density at radius 2 is 1.89 bits per heavy atom. The molecule has 18 heavy (non-hydrogen) atoms. The maximum absolute atomic E-state index is 4.48. The number of halogens is 2. The molecule has 0 atom stereocenters. The molecule has 1 aromatic heterocycles. The number of benzene rings is 1. The van der Waals surface area contributed by atoms with E-state index in [2.05, 4.69) is 61.3 Å². The van der Waals surface area contributed by atoms with E-state index in [1.165, 1.54) is 0 Å². The number of rotatable bonds is 4. The summed E-state index contributed by atoms with van der Waals surface area (Å²) in [7, 11) is 1.97. The Morgan fingerprint density at radius 1 is 1.22 bits per heavy atom. The molecule has 96 valence electrons. The lowest BCUT2D eigenvalue weighted by atomic mass is 10.3. The van der Waals surface area contributed by atoms with Crippen LogP contribution in [-0.4, -0.2) is 9.78 Å². The van der Waals surface area contributed by atoms with Crippen LogP contribution in [-0.2, 0) is 20.0 Å².